The number of hydrogen-bond donors (Lipinski definition) is 1. The number of amides is 1. The van der Waals surface area contributed by atoms with E-state index in [2.05, 4.69) is 38.1 Å². The van der Waals surface area contributed by atoms with Crippen LogP contribution in [0.1, 0.15) is 62.0 Å². The van der Waals surface area contributed by atoms with Crippen LogP contribution in [0.3, 0.4) is 0 Å². The Morgan fingerprint density at radius 2 is 1.89 bits per heavy atom. The standard InChI is InChI=1S/C31H33N5O2/c32-17-22-5-9-25(10-6-22)38-20-23-2-1-15-36(19-23)29(37)16-21-3-7-24(8-4-21)26-11-13-33-28-18-35-31-27(30(26)28)12-14-34-31/h5-6,9-14,18,21,23-24H,1-4,7-8,15-16,19-20H2,(H,34,35). The first-order valence-electron chi connectivity index (χ1n) is 13.8. The Hall–Kier alpha value is -3.92. The summed E-state index contributed by atoms with van der Waals surface area (Å²) in [5, 5.41) is 11.3. The van der Waals surface area contributed by atoms with Gasteiger partial charge in [0.15, 0.2) is 0 Å². The lowest BCUT2D eigenvalue weighted by Crippen LogP contribution is -2.42. The fourth-order valence-electron chi connectivity index (χ4n) is 6.34. The number of rotatable bonds is 6. The number of aromatic amines is 1. The summed E-state index contributed by atoms with van der Waals surface area (Å²) in [5.74, 6) is 2.37. The van der Waals surface area contributed by atoms with Crippen LogP contribution in [0.5, 0.6) is 5.75 Å². The Bertz CT molecular complexity index is 1460. The molecule has 1 aliphatic heterocycles. The van der Waals surface area contributed by atoms with Crippen molar-refractivity contribution in [2.45, 2.75) is 50.9 Å². The van der Waals surface area contributed by atoms with E-state index in [-0.39, 0.29) is 0 Å². The number of H-pyrrole nitrogens is 1. The number of benzene rings is 1. The molecule has 1 aliphatic carbocycles. The number of piperidine rings is 1. The molecule has 0 radical (unpaired) electrons. The van der Waals surface area contributed by atoms with Crippen molar-refractivity contribution in [2.24, 2.45) is 11.8 Å². The van der Waals surface area contributed by atoms with Crippen LogP contribution in [0.15, 0.2) is 55.0 Å². The normalized spacial score (nSPS) is 21.9. The van der Waals surface area contributed by atoms with E-state index >= 15 is 0 Å². The smallest absolute Gasteiger partial charge is 0.222 e. The summed E-state index contributed by atoms with van der Waals surface area (Å²) in [4.78, 5) is 27.6. The van der Waals surface area contributed by atoms with Crippen molar-refractivity contribution in [3.63, 3.8) is 0 Å². The van der Waals surface area contributed by atoms with Crippen LogP contribution in [0, 0.1) is 23.2 Å². The predicted octanol–water partition coefficient (Wildman–Crippen LogP) is 5.96. The van der Waals surface area contributed by atoms with Crippen molar-refractivity contribution >= 4 is 27.8 Å². The molecule has 4 heterocycles. The molecule has 6 rings (SSSR count). The molecule has 2 aliphatic rings. The third kappa shape index (κ3) is 5.08. The van der Waals surface area contributed by atoms with Crippen molar-refractivity contribution in [2.75, 3.05) is 19.7 Å². The molecule has 38 heavy (non-hydrogen) atoms. The van der Waals surface area contributed by atoms with Crippen LogP contribution in [0.25, 0.3) is 21.9 Å². The Labute approximate surface area is 222 Å². The van der Waals surface area contributed by atoms with Crippen LogP contribution in [-0.2, 0) is 4.79 Å². The second-order valence-corrected chi connectivity index (χ2v) is 10.9. The third-order valence-electron chi connectivity index (χ3n) is 8.41. The van der Waals surface area contributed by atoms with E-state index in [1.54, 1.807) is 12.1 Å². The largest absolute Gasteiger partial charge is 0.493 e. The van der Waals surface area contributed by atoms with Gasteiger partial charge in [-0.05, 0) is 92.3 Å². The van der Waals surface area contributed by atoms with Gasteiger partial charge in [-0.25, -0.2) is 4.98 Å². The lowest BCUT2D eigenvalue weighted by atomic mass is 9.76. The van der Waals surface area contributed by atoms with Crippen molar-refractivity contribution < 1.29 is 9.53 Å². The van der Waals surface area contributed by atoms with E-state index < -0.39 is 0 Å². The fraction of sp³-hybridized carbons (Fsp3) is 0.419. The van der Waals surface area contributed by atoms with Gasteiger partial charge in [-0.2, -0.15) is 5.26 Å². The number of nitrogens with zero attached hydrogens (tertiary/aromatic N) is 4. The molecule has 0 bridgehead atoms. The van der Waals surface area contributed by atoms with Gasteiger partial charge in [-0.3, -0.25) is 9.78 Å². The molecule has 2 fully saturated rings. The van der Waals surface area contributed by atoms with Gasteiger partial charge in [-0.1, -0.05) is 0 Å². The molecule has 4 aromatic rings. The van der Waals surface area contributed by atoms with Crippen molar-refractivity contribution in [1.29, 1.82) is 5.26 Å². The number of nitrogens with one attached hydrogen (secondary N) is 1. The molecule has 1 unspecified atom stereocenters. The average molecular weight is 508 g/mol. The number of hydrogen-bond acceptors (Lipinski definition) is 5. The number of pyridine rings is 2. The molecule has 1 aromatic carbocycles. The summed E-state index contributed by atoms with van der Waals surface area (Å²) in [5.41, 5.74) is 3.86. The molecule has 0 spiro atoms. The second kappa shape index (κ2) is 10.8. The Balaban J connectivity index is 1.03. The predicted molar refractivity (Wildman–Crippen MR) is 147 cm³/mol. The van der Waals surface area contributed by atoms with Gasteiger partial charge < -0.3 is 14.6 Å². The number of likely N-dealkylation sites (tertiary alicyclic amines) is 1. The first-order valence-corrected chi connectivity index (χ1v) is 13.8. The molecule has 3 aromatic heterocycles. The van der Waals surface area contributed by atoms with Crippen LogP contribution >= 0.6 is 0 Å². The van der Waals surface area contributed by atoms with Gasteiger partial charge in [0.2, 0.25) is 5.91 Å². The molecular formula is C31H33N5O2. The Kier molecular flexibility index (Phi) is 6.96. The molecule has 7 heteroatoms. The average Bonchev–Trinajstić information content (AvgIpc) is 3.46. The highest BCUT2D eigenvalue weighted by molar-refractivity contribution is 6.05. The van der Waals surface area contributed by atoms with Gasteiger partial charge in [0.05, 0.1) is 30.0 Å². The summed E-state index contributed by atoms with van der Waals surface area (Å²) in [6, 6.07) is 13.6. The van der Waals surface area contributed by atoms with Gasteiger partial charge >= 0.3 is 0 Å². The van der Waals surface area contributed by atoms with E-state index in [0.717, 1.165) is 73.9 Å². The topological polar surface area (TPSA) is 94.9 Å². The maximum Gasteiger partial charge on any atom is 0.222 e. The highest BCUT2D eigenvalue weighted by atomic mass is 16.5. The monoisotopic (exact) mass is 507 g/mol. The second-order valence-electron chi connectivity index (χ2n) is 10.9. The molecule has 1 N–H and O–H groups in total. The molecule has 1 atom stereocenters. The zero-order valence-electron chi connectivity index (χ0n) is 21.6. The number of ether oxygens (including phenoxy) is 1. The number of aromatic nitrogens is 3. The van der Waals surface area contributed by atoms with Crippen LogP contribution in [0.2, 0.25) is 0 Å². The van der Waals surface area contributed by atoms with Gasteiger partial charge in [0, 0.05) is 48.6 Å². The minimum absolute atomic E-state index is 0.297. The minimum atomic E-state index is 0.297. The molecule has 7 nitrogen and oxygen atoms in total. The number of carbonyl (C=O) groups is 1. The third-order valence-corrected chi connectivity index (χ3v) is 8.41. The van der Waals surface area contributed by atoms with Crippen LogP contribution in [-0.4, -0.2) is 45.5 Å². The quantitative estimate of drug-likeness (QED) is 0.347. The van der Waals surface area contributed by atoms with E-state index in [4.69, 9.17) is 10.00 Å². The van der Waals surface area contributed by atoms with E-state index in [0.29, 0.717) is 42.3 Å². The minimum Gasteiger partial charge on any atom is -0.493 e. The first-order chi connectivity index (χ1) is 18.7. The maximum atomic E-state index is 13.2. The van der Waals surface area contributed by atoms with E-state index in [1.165, 1.54) is 10.9 Å². The molecule has 194 valence electrons. The lowest BCUT2D eigenvalue weighted by Gasteiger charge is -2.35. The van der Waals surface area contributed by atoms with Crippen molar-refractivity contribution in [3.05, 3.63) is 66.1 Å². The fourth-order valence-corrected chi connectivity index (χ4v) is 6.34. The summed E-state index contributed by atoms with van der Waals surface area (Å²) in [6.45, 7) is 2.23. The summed E-state index contributed by atoms with van der Waals surface area (Å²) < 4.78 is 5.97. The lowest BCUT2D eigenvalue weighted by molar-refractivity contribution is -0.134. The summed E-state index contributed by atoms with van der Waals surface area (Å²) in [6.07, 6.45) is 12.8. The summed E-state index contributed by atoms with van der Waals surface area (Å²) in [7, 11) is 0. The molecular weight excluding hydrogens is 474 g/mol. The Morgan fingerprint density at radius 3 is 2.71 bits per heavy atom. The first kappa shape index (κ1) is 24.4. The van der Waals surface area contributed by atoms with Gasteiger partial charge in [0.1, 0.15) is 11.4 Å². The van der Waals surface area contributed by atoms with Crippen molar-refractivity contribution in [1.82, 2.24) is 19.9 Å². The zero-order chi connectivity index (χ0) is 25.9. The molecule has 1 amide bonds. The number of carbonyl (C=O) groups excluding carboxylic acids is 1. The maximum absolute atomic E-state index is 13.2. The zero-order valence-corrected chi connectivity index (χ0v) is 21.6. The Morgan fingerprint density at radius 1 is 1.05 bits per heavy atom. The SMILES string of the molecule is N#Cc1ccc(OCC2CCCN(C(=O)CC3CCC(c4ccnc5cnc6[nH]ccc6c45)CC3)C2)cc1. The van der Waals surface area contributed by atoms with E-state index in [1.807, 2.05) is 30.7 Å². The molecule has 1 saturated heterocycles. The number of fused-ring (bicyclic) bond motifs is 3. The molecule has 1 saturated carbocycles. The van der Waals surface area contributed by atoms with Gasteiger partial charge in [-0.15, -0.1) is 0 Å². The van der Waals surface area contributed by atoms with Crippen molar-refractivity contribution in [3.8, 4) is 11.8 Å². The number of nitriles is 1. The van der Waals surface area contributed by atoms with Crippen LogP contribution < -0.4 is 4.74 Å². The van der Waals surface area contributed by atoms with Crippen LogP contribution in [0.4, 0.5) is 0 Å². The highest BCUT2D eigenvalue weighted by Crippen LogP contribution is 2.41. The van der Waals surface area contributed by atoms with E-state index in [9.17, 15) is 4.79 Å². The summed E-state index contributed by atoms with van der Waals surface area (Å²) >= 11 is 0. The highest BCUT2D eigenvalue weighted by Gasteiger charge is 2.29. The van der Waals surface area contributed by atoms with Gasteiger partial charge in [0.25, 0.3) is 0 Å².